The third-order valence-corrected chi connectivity index (χ3v) is 7.21. The molecule has 0 aromatic heterocycles. The summed E-state index contributed by atoms with van der Waals surface area (Å²) in [7, 11) is 4.05. The van der Waals surface area contributed by atoms with Crippen molar-refractivity contribution in [2.24, 2.45) is 11.3 Å². The number of amides is 5. The van der Waals surface area contributed by atoms with Crippen molar-refractivity contribution in [2.45, 2.75) is 70.8 Å². The van der Waals surface area contributed by atoms with Gasteiger partial charge in [-0.1, -0.05) is 33.1 Å². The SMILES string of the molecule is CN(C)CC(C)(C)CNC(=O)C1CCN(C(=O)CCN2C(=O)NC3(CCCCC3)C2=O)CC1. The van der Waals surface area contributed by atoms with Crippen molar-refractivity contribution < 1.29 is 19.2 Å². The van der Waals surface area contributed by atoms with Crippen LogP contribution in [0.1, 0.15) is 65.2 Å². The molecule has 2 N–H and O–H groups in total. The average Bonchev–Trinajstić information content (AvgIpc) is 2.98. The highest BCUT2D eigenvalue weighted by atomic mass is 16.2. The summed E-state index contributed by atoms with van der Waals surface area (Å²) in [6.45, 7) is 6.96. The van der Waals surface area contributed by atoms with Gasteiger partial charge in [-0.05, 0) is 45.2 Å². The number of urea groups is 1. The monoisotopic (exact) mass is 463 g/mol. The summed E-state index contributed by atoms with van der Waals surface area (Å²) >= 11 is 0. The Morgan fingerprint density at radius 2 is 1.76 bits per heavy atom. The van der Waals surface area contributed by atoms with Gasteiger partial charge in [0.1, 0.15) is 5.54 Å². The lowest BCUT2D eigenvalue weighted by Gasteiger charge is -2.33. The number of nitrogens with one attached hydrogen (secondary N) is 2. The molecule has 5 amide bonds. The summed E-state index contributed by atoms with van der Waals surface area (Å²) < 4.78 is 0. The third-order valence-electron chi connectivity index (χ3n) is 7.21. The van der Waals surface area contributed by atoms with Crippen LogP contribution in [-0.4, -0.2) is 90.8 Å². The summed E-state index contributed by atoms with van der Waals surface area (Å²) in [5.74, 6) is -0.258. The quantitative estimate of drug-likeness (QED) is 0.532. The predicted octanol–water partition coefficient (Wildman–Crippen LogP) is 1.57. The normalized spacial score (nSPS) is 21.6. The zero-order valence-corrected chi connectivity index (χ0v) is 20.7. The van der Waals surface area contributed by atoms with Gasteiger partial charge in [-0.3, -0.25) is 19.3 Å². The fraction of sp³-hybridized carbons (Fsp3) is 0.833. The maximum Gasteiger partial charge on any atom is 0.325 e. The largest absolute Gasteiger partial charge is 0.355 e. The molecule has 0 bridgehead atoms. The number of rotatable bonds is 8. The van der Waals surface area contributed by atoms with Crippen LogP contribution in [0.2, 0.25) is 0 Å². The van der Waals surface area contributed by atoms with Crippen molar-refractivity contribution in [3.63, 3.8) is 0 Å². The molecule has 2 heterocycles. The van der Waals surface area contributed by atoms with E-state index in [9.17, 15) is 19.2 Å². The Balaban J connectivity index is 1.41. The Labute approximate surface area is 197 Å². The van der Waals surface area contributed by atoms with Crippen molar-refractivity contribution in [2.75, 3.05) is 46.8 Å². The van der Waals surface area contributed by atoms with E-state index >= 15 is 0 Å². The van der Waals surface area contributed by atoms with E-state index < -0.39 is 5.54 Å². The molecule has 0 radical (unpaired) electrons. The Bertz CT molecular complexity index is 752. The van der Waals surface area contributed by atoms with Crippen LogP contribution in [0.25, 0.3) is 0 Å². The van der Waals surface area contributed by atoms with E-state index in [2.05, 4.69) is 29.4 Å². The zero-order valence-electron chi connectivity index (χ0n) is 20.7. The first-order valence-corrected chi connectivity index (χ1v) is 12.4. The lowest BCUT2D eigenvalue weighted by Crippen LogP contribution is -2.48. The van der Waals surface area contributed by atoms with E-state index in [1.165, 1.54) is 4.90 Å². The topological polar surface area (TPSA) is 102 Å². The number of hydrogen-bond acceptors (Lipinski definition) is 5. The first kappa shape index (κ1) is 25.5. The van der Waals surface area contributed by atoms with Crippen LogP contribution in [0.3, 0.4) is 0 Å². The Morgan fingerprint density at radius 3 is 2.36 bits per heavy atom. The molecule has 3 rings (SSSR count). The van der Waals surface area contributed by atoms with Crippen LogP contribution >= 0.6 is 0 Å². The highest BCUT2D eigenvalue weighted by Crippen LogP contribution is 2.33. The van der Waals surface area contributed by atoms with Gasteiger partial charge < -0.3 is 20.4 Å². The smallest absolute Gasteiger partial charge is 0.325 e. The minimum atomic E-state index is -0.745. The maximum atomic E-state index is 12.9. The average molecular weight is 464 g/mol. The van der Waals surface area contributed by atoms with Crippen LogP contribution in [0.15, 0.2) is 0 Å². The molecule has 1 spiro atoms. The number of carbonyl (C=O) groups is 4. The summed E-state index contributed by atoms with van der Waals surface area (Å²) in [5, 5.41) is 5.97. The molecule has 0 aromatic rings. The number of nitrogens with zero attached hydrogens (tertiary/aromatic N) is 3. The Hall–Kier alpha value is -2.16. The first-order chi connectivity index (χ1) is 15.5. The number of hydrogen-bond donors (Lipinski definition) is 2. The summed E-state index contributed by atoms with van der Waals surface area (Å²) in [6, 6.07) is -0.373. The van der Waals surface area contributed by atoms with Crippen LogP contribution in [-0.2, 0) is 14.4 Å². The Morgan fingerprint density at radius 1 is 1.12 bits per heavy atom. The highest BCUT2D eigenvalue weighted by molar-refractivity contribution is 6.07. The summed E-state index contributed by atoms with van der Waals surface area (Å²) in [6.07, 6.45) is 5.74. The molecule has 2 aliphatic heterocycles. The number of imide groups is 1. The second-order valence-electron chi connectivity index (χ2n) is 11.1. The van der Waals surface area contributed by atoms with Gasteiger partial charge in [0.2, 0.25) is 11.8 Å². The molecule has 33 heavy (non-hydrogen) atoms. The third kappa shape index (κ3) is 6.25. The molecule has 3 fully saturated rings. The van der Waals surface area contributed by atoms with Gasteiger partial charge >= 0.3 is 6.03 Å². The van der Waals surface area contributed by atoms with Crippen LogP contribution in [0.4, 0.5) is 4.79 Å². The summed E-state index contributed by atoms with van der Waals surface area (Å²) in [5.41, 5.74) is -0.753. The second-order valence-corrected chi connectivity index (χ2v) is 11.1. The number of likely N-dealkylation sites (tertiary alicyclic amines) is 1. The highest BCUT2D eigenvalue weighted by Gasteiger charge is 2.51. The van der Waals surface area contributed by atoms with Crippen molar-refractivity contribution in [3.8, 4) is 0 Å². The van der Waals surface area contributed by atoms with Crippen molar-refractivity contribution in [3.05, 3.63) is 0 Å². The minimum absolute atomic E-state index is 0.00860. The molecule has 9 heteroatoms. The molecule has 0 unspecified atom stereocenters. The standard InChI is InChI=1S/C24H41N5O4/c1-23(2,17-27(3)4)16-25-20(31)18-8-13-28(14-9-18)19(30)10-15-29-21(32)24(26-22(29)33)11-6-5-7-12-24/h18H,5-17H2,1-4H3,(H,25,31)(H,26,33). The van der Waals surface area contributed by atoms with E-state index in [1.54, 1.807) is 4.90 Å². The number of carbonyl (C=O) groups excluding carboxylic acids is 4. The van der Waals surface area contributed by atoms with Gasteiger partial charge in [0, 0.05) is 45.1 Å². The lowest BCUT2D eigenvalue weighted by molar-refractivity contribution is -0.137. The van der Waals surface area contributed by atoms with E-state index in [-0.39, 0.29) is 48.1 Å². The molecule has 3 aliphatic rings. The molecule has 1 saturated carbocycles. The Kier molecular flexibility index (Phi) is 8.03. The van der Waals surface area contributed by atoms with Crippen LogP contribution < -0.4 is 10.6 Å². The van der Waals surface area contributed by atoms with Gasteiger partial charge in [0.25, 0.3) is 5.91 Å². The fourth-order valence-electron chi connectivity index (χ4n) is 5.51. The molecule has 186 valence electrons. The molecule has 0 aromatic carbocycles. The van der Waals surface area contributed by atoms with Crippen LogP contribution in [0.5, 0.6) is 0 Å². The summed E-state index contributed by atoms with van der Waals surface area (Å²) in [4.78, 5) is 55.7. The molecular formula is C24H41N5O4. The van der Waals surface area contributed by atoms with Gasteiger partial charge in [-0.25, -0.2) is 4.79 Å². The van der Waals surface area contributed by atoms with E-state index in [0.717, 1.165) is 25.8 Å². The predicted molar refractivity (Wildman–Crippen MR) is 125 cm³/mol. The van der Waals surface area contributed by atoms with Crippen LogP contribution in [0, 0.1) is 11.3 Å². The molecule has 9 nitrogen and oxygen atoms in total. The number of piperidine rings is 1. The van der Waals surface area contributed by atoms with E-state index in [0.29, 0.717) is 45.3 Å². The molecule has 0 atom stereocenters. The van der Waals surface area contributed by atoms with Crippen molar-refractivity contribution in [1.29, 1.82) is 0 Å². The zero-order chi connectivity index (χ0) is 24.2. The first-order valence-electron chi connectivity index (χ1n) is 12.4. The maximum absolute atomic E-state index is 12.9. The van der Waals surface area contributed by atoms with Gasteiger partial charge in [0.15, 0.2) is 0 Å². The second kappa shape index (κ2) is 10.4. The fourth-order valence-corrected chi connectivity index (χ4v) is 5.51. The van der Waals surface area contributed by atoms with E-state index in [1.807, 2.05) is 14.1 Å². The van der Waals surface area contributed by atoms with Gasteiger partial charge in [-0.15, -0.1) is 0 Å². The van der Waals surface area contributed by atoms with E-state index in [4.69, 9.17) is 0 Å². The molecule has 2 saturated heterocycles. The van der Waals surface area contributed by atoms with Gasteiger partial charge in [-0.2, -0.15) is 0 Å². The van der Waals surface area contributed by atoms with Gasteiger partial charge in [0.05, 0.1) is 0 Å². The molecular weight excluding hydrogens is 422 g/mol. The van der Waals surface area contributed by atoms with Crippen molar-refractivity contribution >= 4 is 23.8 Å². The molecule has 1 aliphatic carbocycles. The lowest BCUT2D eigenvalue weighted by atomic mass is 9.82. The minimum Gasteiger partial charge on any atom is -0.355 e. The van der Waals surface area contributed by atoms with Crippen molar-refractivity contribution in [1.82, 2.24) is 25.3 Å².